The van der Waals surface area contributed by atoms with Crippen molar-refractivity contribution in [3.05, 3.63) is 36.5 Å². The molecule has 0 saturated carbocycles. The maximum atomic E-state index is 5.24. The van der Waals surface area contributed by atoms with Crippen molar-refractivity contribution in [3.8, 4) is 16.5 Å². The van der Waals surface area contributed by atoms with Gasteiger partial charge in [-0.2, -0.15) is 0 Å². The molecule has 0 atom stereocenters. The third kappa shape index (κ3) is 2.32. The lowest BCUT2D eigenvalue weighted by Gasteiger charge is -2.11. The van der Waals surface area contributed by atoms with Crippen LogP contribution in [0.25, 0.3) is 20.9 Å². The number of hydrogen-bond acceptors (Lipinski definition) is 5. The largest absolute Gasteiger partial charge is 0.497 e. The molecule has 0 unspecified atom stereocenters. The minimum atomic E-state index is 0.851. The number of nitrogens with zero attached hydrogens (tertiary/aromatic N) is 3. The van der Waals surface area contributed by atoms with Crippen LogP contribution in [-0.2, 0) is 0 Å². The van der Waals surface area contributed by atoms with Crippen LogP contribution < -0.4 is 9.64 Å². The van der Waals surface area contributed by atoms with Crippen LogP contribution in [0, 0.1) is 0 Å². The molecule has 3 aromatic rings. The number of methoxy groups -OCH3 is 1. The van der Waals surface area contributed by atoms with Gasteiger partial charge in [-0.3, -0.25) is 4.98 Å². The Bertz CT molecular complexity index is 734. The summed E-state index contributed by atoms with van der Waals surface area (Å²) < 4.78 is 6.35. The minimum absolute atomic E-state index is 0.851. The van der Waals surface area contributed by atoms with Gasteiger partial charge in [0.15, 0.2) is 0 Å². The number of aromatic nitrogens is 2. The Labute approximate surface area is 121 Å². The summed E-state index contributed by atoms with van der Waals surface area (Å²) in [5.74, 6) is 0.851. The van der Waals surface area contributed by atoms with Crippen LogP contribution in [0.5, 0.6) is 5.75 Å². The van der Waals surface area contributed by atoms with Crippen LogP contribution in [0.4, 0.5) is 5.69 Å². The van der Waals surface area contributed by atoms with Gasteiger partial charge >= 0.3 is 0 Å². The highest BCUT2D eigenvalue weighted by atomic mass is 32.1. The van der Waals surface area contributed by atoms with Crippen molar-refractivity contribution in [1.29, 1.82) is 0 Å². The molecule has 0 bridgehead atoms. The lowest BCUT2D eigenvalue weighted by atomic mass is 10.3. The summed E-state index contributed by atoms with van der Waals surface area (Å²) in [5, 5.41) is 0.929. The fourth-order valence-electron chi connectivity index (χ4n) is 1.92. The summed E-state index contributed by atoms with van der Waals surface area (Å²) in [6.45, 7) is 0. The van der Waals surface area contributed by atoms with Crippen molar-refractivity contribution in [3.63, 3.8) is 0 Å². The monoisotopic (exact) mass is 285 g/mol. The Hall–Kier alpha value is -2.14. The van der Waals surface area contributed by atoms with Gasteiger partial charge in [-0.25, -0.2) is 4.98 Å². The molecule has 102 valence electrons. The van der Waals surface area contributed by atoms with Gasteiger partial charge in [-0.1, -0.05) is 0 Å². The normalized spacial score (nSPS) is 10.8. The minimum Gasteiger partial charge on any atom is -0.497 e. The lowest BCUT2D eigenvalue weighted by molar-refractivity contribution is 0.415. The van der Waals surface area contributed by atoms with E-state index in [2.05, 4.69) is 16.0 Å². The molecule has 0 aliphatic rings. The summed E-state index contributed by atoms with van der Waals surface area (Å²) in [6.07, 6.45) is 1.86. The van der Waals surface area contributed by atoms with Crippen LogP contribution in [0.2, 0.25) is 0 Å². The first-order chi connectivity index (χ1) is 9.67. The Morgan fingerprint density at radius 2 is 2.00 bits per heavy atom. The number of rotatable bonds is 3. The van der Waals surface area contributed by atoms with E-state index in [4.69, 9.17) is 4.74 Å². The Morgan fingerprint density at radius 1 is 1.15 bits per heavy atom. The van der Waals surface area contributed by atoms with Crippen LogP contribution >= 0.6 is 11.3 Å². The highest BCUT2D eigenvalue weighted by Gasteiger charge is 2.08. The first kappa shape index (κ1) is 12.9. The van der Waals surface area contributed by atoms with Gasteiger partial charge in [0, 0.05) is 14.1 Å². The fourth-order valence-corrected chi connectivity index (χ4v) is 2.89. The van der Waals surface area contributed by atoms with Gasteiger partial charge in [0.05, 0.1) is 34.9 Å². The van der Waals surface area contributed by atoms with E-state index in [0.717, 1.165) is 32.4 Å². The maximum absolute atomic E-state index is 5.24. The fraction of sp³-hybridized carbons (Fsp3) is 0.200. The van der Waals surface area contributed by atoms with E-state index in [0.29, 0.717) is 0 Å². The average molecular weight is 285 g/mol. The van der Waals surface area contributed by atoms with Crippen molar-refractivity contribution in [1.82, 2.24) is 9.97 Å². The predicted octanol–water partition coefficient (Wildman–Crippen LogP) is 3.43. The second-order valence-electron chi connectivity index (χ2n) is 4.65. The van der Waals surface area contributed by atoms with Gasteiger partial charge in [0.25, 0.3) is 0 Å². The van der Waals surface area contributed by atoms with Crippen LogP contribution in [0.3, 0.4) is 0 Å². The predicted molar refractivity (Wildman–Crippen MR) is 83.7 cm³/mol. The molecule has 1 aromatic carbocycles. The van der Waals surface area contributed by atoms with Crippen LogP contribution in [0.15, 0.2) is 36.5 Å². The zero-order valence-corrected chi connectivity index (χ0v) is 12.4. The summed E-state index contributed by atoms with van der Waals surface area (Å²) in [6, 6.07) is 9.96. The highest BCUT2D eigenvalue weighted by Crippen LogP contribution is 2.31. The Balaban J connectivity index is 2.01. The first-order valence-electron chi connectivity index (χ1n) is 6.26. The van der Waals surface area contributed by atoms with Crippen molar-refractivity contribution >= 4 is 27.2 Å². The molecular weight excluding hydrogens is 270 g/mol. The third-order valence-corrected chi connectivity index (χ3v) is 4.12. The quantitative estimate of drug-likeness (QED) is 0.739. The number of ether oxygens (including phenoxy) is 1. The molecule has 0 saturated heterocycles. The van der Waals surface area contributed by atoms with Gasteiger partial charge in [-0.05, 0) is 30.3 Å². The Morgan fingerprint density at radius 3 is 2.65 bits per heavy atom. The van der Waals surface area contributed by atoms with Gasteiger partial charge in [0.1, 0.15) is 10.8 Å². The SMILES string of the molecule is COc1ccc2nc(-c3ccc(N(C)C)cn3)sc2c1. The van der Waals surface area contributed by atoms with E-state index in [1.807, 2.05) is 49.5 Å². The Kier molecular flexibility index (Phi) is 3.28. The molecule has 3 rings (SSSR count). The standard InChI is InChI=1S/C15H15N3OS/c1-18(2)10-4-6-13(16-9-10)15-17-12-7-5-11(19-3)8-14(12)20-15/h4-9H,1-3H3. The van der Waals surface area contributed by atoms with Crippen molar-refractivity contribution in [2.75, 3.05) is 26.1 Å². The van der Waals surface area contributed by atoms with E-state index >= 15 is 0 Å². The van der Waals surface area contributed by atoms with Gasteiger partial charge in [0.2, 0.25) is 0 Å². The molecule has 0 aliphatic carbocycles. The van der Waals surface area contributed by atoms with Gasteiger partial charge < -0.3 is 9.64 Å². The summed E-state index contributed by atoms with van der Waals surface area (Å²) >= 11 is 1.63. The number of fused-ring (bicyclic) bond motifs is 1. The van der Waals surface area contributed by atoms with Crippen molar-refractivity contribution in [2.24, 2.45) is 0 Å². The second kappa shape index (κ2) is 5.09. The number of thiazole rings is 1. The van der Waals surface area contributed by atoms with E-state index in [1.54, 1.807) is 18.4 Å². The molecule has 0 aliphatic heterocycles. The number of anilines is 1. The number of benzene rings is 1. The summed E-state index contributed by atoms with van der Waals surface area (Å²) in [5.41, 5.74) is 2.96. The molecule has 0 N–H and O–H groups in total. The molecule has 0 spiro atoms. The molecule has 0 fully saturated rings. The molecule has 2 heterocycles. The van der Waals surface area contributed by atoms with E-state index < -0.39 is 0 Å². The average Bonchev–Trinajstić information content (AvgIpc) is 2.90. The highest BCUT2D eigenvalue weighted by molar-refractivity contribution is 7.21. The van der Waals surface area contributed by atoms with Crippen LogP contribution in [-0.4, -0.2) is 31.2 Å². The topological polar surface area (TPSA) is 38.2 Å². The first-order valence-corrected chi connectivity index (χ1v) is 7.07. The molecule has 5 heteroatoms. The van der Waals surface area contributed by atoms with E-state index in [9.17, 15) is 0 Å². The molecule has 20 heavy (non-hydrogen) atoms. The maximum Gasteiger partial charge on any atom is 0.143 e. The number of pyridine rings is 1. The van der Waals surface area contributed by atoms with Gasteiger partial charge in [-0.15, -0.1) is 11.3 Å². The zero-order valence-electron chi connectivity index (χ0n) is 11.6. The summed E-state index contributed by atoms with van der Waals surface area (Å²) in [4.78, 5) is 11.1. The molecule has 4 nitrogen and oxygen atoms in total. The molecular formula is C15H15N3OS. The molecule has 0 amide bonds. The molecule has 0 radical (unpaired) electrons. The zero-order chi connectivity index (χ0) is 14.1. The van der Waals surface area contributed by atoms with E-state index in [1.165, 1.54) is 0 Å². The van der Waals surface area contributed by atoms with Crippen LogP contribution in [0.1, 0.15) is 0 Å². The number of hydrogen-bond donors (Lipinski definition) is 0. The summed E-state index contributed by atoms with van der Waals surface area (Å²) in [7, 11) is 5.67. The third-order valence-electron chi connectivity index (χ3n) is 3.08. The van der Waals surface area contributed by atoms with E-state index in [-0.39, 0.29) is 0 Å². The van der Waals surface area contributed by atoms with Crippen molar-refractivity contribution in [2.45, 2.75) is 0 Å². The molecule has 2 aromatic heterocycles. The smallest absolute Gasteiger partial charge is 0.143 e. The lowest BCUT2D eigenvalue weighted by Crippen LogP contribution is -2.08. The second-order valence-corrected chi connectivity index (χ2v) is 5.68. The van der Waals surface area contributed by atoms with Crippen molar-refractivity contribution < 1.29 is 4.74 Å².